The number of alkyl halides is 2. The van der Waals surface area contributed by atoms with Crippen LogP contribution in [0.3, 0.4) is 0 Å². The molecule has 3 aromatic rings. The summed E-state index contributed by atoms with van der Waals surface area (Å²) in [6, 6.07) is 6.41. The Kier molecular flexibility index (Phi) is 5.21. The van der Waals surface area contributed by atoms with Crippen LogP contribution in [0.5, 0.6) is 0 Å². The molecule has 0 spiro atoms. The smallest absolute Gasteiger partial charge is 0.265 e. The number of pyridine rings is 1. The summed E-state index contributed by atoms with van der Waals surface area (Å²) in [4.78, 5) is 16.4. The van der Waals surface area contributed by atoms with E-state index in [2.05, 4.69) is 15.4 Å². The first-order valence-electron chi connectivity index (χ1n) is 9.52. The van der Waals surface area contributed by atoms with Crippen molar-refractivity contribution in [1.29, 1.82) is 5.26 Å². The van der Waals surface area contributed by atoms with Gasteiger partial charge in [-0.05, 0) is 31.0 Å². The minimum Gasteiger partial charge on any atom is -0.321 e. The topological polar surface area (TPSA) is 83.6 Å². The molecular formula is C21H19F2N5O. The van der Waals surface area contributed by atoms with Crippen LogP contribution in [0.1, 0.15) is 66.1 Å². The van der Waals surface area contributed by atoms with E-state index < -0.39 is 12.3 Å². The zero-order valence-corrected chi connectivity index (χ0v) is 15.6. The second-order valence-electron chi connectivity index (χ2n) is 7.23. The van der Waals surface area contributed by atoms with Gasteiger partial charge in [0.2, 0.25) is 0 Å². The van der Waals surface area contributed by atoms with E-state index in [0.717, 1.165) is 25.7 Å². The van der Waals surface area contributed by atoms with E-state index in [4.69, 9.17) is 5.26 Å². The van der Waals surface area contributed by atoms with Crippen LogP contribution in [-0.4, -0.2) is 20.7 Å². The van der Waals surface area contributed by atoms with Gasteiger partial charge in [-0.1, -0.05) is 19.3 Å². The van der Waals surface area contributed by atoms with Crippen LogP contribution in [0, 0.1) is 11.3 Å². The SMILES string of the molecule is N#Cc1cncc(C(=O)Nc2cc3cn(C4CCCCC4)nc3cc2C(F)F)c1. The molecule has 1 aromatic carbocycles. The average molecular weight is 395 g/mol. The van der Waals surface area contributed by atoms with Crippen molar-refractivity contribution >= 4 is 22.5 Å². The molecule has 2 aromatic heterocycles. The molecule has 0 bridgehead atoms. The van der Waals surface area contributed by atoms with Gasteiger partial charge in [0, 0.05) is 29.5 Å². The Morgan fingerprint density at radius 2 is 2.00 bits per heavy atom. The molecule has 1 aliphatic carbocycles. The van der Waals surface area contributed by atoms with E-state index in [1.54, 1.807) is 0 Å². The molecule has 2 heterocycles. The minimum atomic E-state index is -2.77. The quantitative estimate of drug-likeness (QED) is 0.674. The first kappa shape index (κ1) is 19.0. The number of nitrogens with one attached hydrogen (secondary N) is 1. The maximum absolute atomic E-state index is 13.6. The van der Waals surface area contributed by atoms with Crippen LogP contribution < -0.4 is 5.32 Å². The van der Waals surface area contributed by atoms with Crippen LogP contribution in [0.4, 0.5) is 14.5 Å². The van der Waals surface area contributed by atoms with Crippen molar-refractivity contribution < 1.29 is 13.6 Å². The van der Waals surface area contributed by atoms with E-state index in [0.29, 0.717) is 10.9 Å². The summed E-state index contributed by atoms with van der Waals surface area (Å²) >= 11 is 0. The van der Waals surface area contributed by atoms with E-state index in [-0.39, 0.29) is 28.4 Å². The molecule has 1 saturated carbocycles. The predicted octanol–water partition coefficient (Wildman–Crippen LogP) is 5.00. The first-order chi connectivity index (χ1) is 14.0. The fraction of sp³-hybridized carbons (Fsp3) is 0.333. The largest absolute Gasteiger partial charge is 0.321 e. The Bertz CT molecular complexity index is 1100. The Hall–Kier alpha value is -3.34. The van der Waals surface area contributed by atoms with Crippen molar-refractivity contribution in [3.8, 4) is 6.07 Å². The van der Waals surface area contributed by atoms with E-state index in [1.807, 2.05) is 16.9 Å². The number of amides is 1. The maximum atomic E-state index is 13.6. The fourth-order valence-electron chi connectivity index (χ4n) is 3.75. The van der Waals surface area contributed by atoms with Crippen LogP contribution >= 0.6 is 0 Å². The van der Waals surface area contributed by atoms with Crippen molar-refractivity contribution in [2.45, 2.75) is 44.6 Å². The molecule has 1 aliphatic rings. The number of hydrogen-bond acceptors (Lipinski definition) is 4. The molecule has 6 nitrogen and oxygen atoms in total. The second kappa shape index (κ2) is 7.95. The Balaban J connectivity index is 1.67. The molecule has 0 radical (unpaired) electrons. The van der Waals surface area contributed by atoms with E-state index >= 15 is 0 Å². The highest BCUT2D eigenvalue weighted by atomic mass is 19.3. The molecule has 148 valence electrons. The normalized spacial score (nSPS) is 14.8. The molecule has 29 heavy (non-hydrogen) atoms. The van der Waals surface area contributed by atoms with Crippen molar-refractivity contribution in [2.24, 2.45) is 0 Å². The zero-order valence-electron chi connectivity index (χ0n) is 15.6. The van der Waals surface area contributed by atoms with Gasteiger partial charge >= 0.3 is 0 Å². The molecule has 0 aliphatic heterocycles. The number of fused-ring (bicyclic) bond motifs is 1. The highest BCUT2D eigenvalue weighted by molar-refractivity contribution is 6.05. The number of aromatic nitrogens is 3. The lowest BCUT2D eigenvalue weighted by atomic mass is 9.96. The van der Waals surface area contributed by atoms with E-state index in [1.165, 1.54) is 37.0 Å². The number of halogens is 2. The van der Waals surface area contributed by atoms with Gasteiger partial charge in [0.1, 0.15) is 6.07 Å². The number of benzene rings is 1. The lowest BCUT2D eigenvalue weighted by Gasteiger charge is -2.21. The molecule has 1 N–H and O–H groups in total. The fourth-order valence-corrected chi connectivity index (χ4v) is 3.75. The third-order valence-corrected chi connectivity index (χ3v) is 5.26. The van der Waals surface area contributed by atoms with Gasteiger partial charge in [0.15, 0.2) is 0 Å². The van der Waals surface area contributed by atoms with Gasteiger partial charge in [0.25, 0.3) is 12.3 Å². The zero-order chi connectivity index (χ0) is 20.4. The number of rotatable bonds is 4. The molecule has 8 heteroatoms. The molecular weight excluding hydrogens is 376 g/mol. The lowest BCUT2D eigenvalue weighted by Crippen LogP contribution is -2.14. The van der Waals surface area contributed by atoms with Gasteiger partial charge in [0.05, 0.1) is 28.4 Å². The third-order valence-electron chi connectivity index (χ3n) is 5.26. The average Bonchev–Trinajstić information content (AvgIpc) is 3.16. The van der Waals surface area contributed by atoms with Crippen molar-refractivity contribution in [1.82, 2.24) is 14.8 Å². The molecule has 0 unspecified atom stereocenters. The number of carbonyl (C=O) groups excluding carboxylic acids is 1. The van der Waals surface area contributed by atoms with Gasteiger partial charge in [-0.3, -0.25) is 14.5 Å². The van der Waals surface area contributed by atoms with Gasteiger partial charge in [-0.15, -0.1) is 0 Å². The summed E-state index contributed by atoms with van der Waals surface area (Å²) in [5.41, 5.74) is 0.572. The number of hydrogen-bond donors (Lipinski definition) is 1. The minimum absolute atomic E-state index is 0.0306. The van der Waals surface area contributed by atoms with Gasteiger partial charge in [-0.25, -0.2) is 8.78 Å². The number of carbonyl (C=O) groups is 1. The summed E-state index contributed by atoms with van der Waals surface area (Å²) in [5, 5.41) is 16.7. The van der Waals surface area contributed by atoms with Crippen molar-refractivity contribution in [2.75, 3.05) is 5.32 Å². The molecule has 0 atom stereocenters. The highest BCUT2D eigenvalue weighted by Gasteiger charge is 2.21. The standard InChI is InChI=1S/C21H19F2N5O/c22-20(23)17-8-18-15(12-28(27-18)16-4-2-1-3-5-16)7-19(17)26-21(29)14-6-13(9-24)10-25-11-14/h6-8,10-12,16,20H,1-5H2,(H,26,29). The first-order valence-corrected chi connectivity index (χ1v) is 9.52. The number of nitrogens with zero attached hydrogens (tertiary/aromatic N) is 4. The van der Waals surface area contributed by atoms with Crippen molar-refractivity contribution in [3.05, 3.63) is 53.5 Å². The molecule has 1 fully saturated rings. The monoisotopic (exact) mass is 395 g/mol. The third kappa shape index (κ3) is 3.94. The Morgan fingerprint density at radius 3 is 2.72 bits per heavy atom. The summed E-state index contributed by atoms with van der Waals surface area (Å²) in [7, 11) is 0. The summed E-state index contributed by atoms with van der Waals surface area (Å²) in [5.74, 6) is -0.601. The summed E-state index contributed by atoms with van der Waals surface area (Å²) < 4.78 is 29.2. The number of nitriles is 1. The summed E-state index contributed by atoms with van der Waals surface area (Å²) in [6.07, 6.45) is 7.26. The summed E-state index contributed by atoms with van der Waals surface area (Å²) in [6.45, 7) is 0. The molecule has 4 rings (SSSR count). The Morgan fingerprint density at radius 1 is 1.21 bits per heavy atom. The van der Waals surface area contributed by atoms with Gasteiger partial charge in [-0.2, -0.15) is 10.4 Å². The molecule has 1 amide bonds. The van der Waals surface area contributed by atoms with Crippen molar-refractivity contribution in [3.63, 3.8) is 0 Å². The molecule has 0 saturated heterocycles. The Labute approximate surface area is 166 Å². The lowest BCUT2D eigenvalue weighted by molar-refractivity contribution is 0.102. The highest BCUT2D eigenvalue weighted by Crippen LogP contribution is 2.34. The second-order valence-corrected chi connectivity index (χ2v) is 7.23. The van der Waals surface area contributed by atoms with Crippen LogP contribution in [0.15, 0.2) is 36.8 Å². The maximum Gasteiger partial charge on any atom is 0.265 e. The van der Waals surface area contributed by atoms with Crippen LogP contribution in [0.25, 0.3) is 10.9 Å². The van der Waals surface area contributed by atoms with Crippen LogP contribution in [-0.2, 0) is 0 Å². The number of anilines is 1. The van der Waals surface area contributed by atoms with Crippen LogP contribution in [0.2, 0.25) is 0 Å². The van der Waals surface area contributed by atoms with E-state index in [9.17, 15) is 13.6 Å². The van der Waals surface area contributed by atoms with Gasteiger partial charge < -0.3 is 5.32 Å². The predicted molar refractivity (Wildman–Crippen MR) is 104 cm³/mol.